The Morgan fingerprint density at radius 3 is 2.63 bits per heavy atom. The van der Waals surface area contributed by atoms with Crippen molar-refractivity contribution in [3.05, 3.63) is 82.2 Å². The Balaban J connectivity index is 1.18. The first-order valence-corrected chi connectivity index (χ1v) is 17.5. The summed E-state index contributed by atoms with van der Waals surface area (Å²) in [6, 6.07) is 9.70. The van der Waals surface area contributed by atoms with Crippen LogP contribution in [0.3, 0.4) is 0 Å². The van der Waals surface area contributed by atoms with Gasteiger partial charge in [0.2, 0.25) is 5.91 Å². The summed E-state index contributed by atoms with van der Waals surface area (Å²) in [5.74, 6) is 0.0285. The lowest BCUT2D eigenvalue weighted by Crippen LogP contribution is -2.62. The minimum absolute atomic E-state index is 0.0285. The first-order chi connectivity index (χ1) is 22.4. The molecule has 46 heavy (non-hydrogen) atoms. The maximum atomic E-state index is 14.7. The largest absolute Gasteiger partial charge is 0.446 e. The molecular formula is C36H45ClN6O3. The van der Waals surface area contributed by atoms with Crippen molar-refractivity contribution in [1.82, 2.24) is 29.2 Å². The summed E-state index contributed by atoms with van der Waals surface area (Å²) in [4.78, 5) is 43.9. The number of rotatable bonds is 6. The zero-order valence-corrected chi connectivity index (χ0v) is 27.6. The average molecular weight is 645 g/mol. The summed E-state index contributed by atoms with van der Waals surface area (Å²) in [5.41, 5.74) is 5.64. The minimum atomic E-state index is -0.632. The lowest BCUT2D eigenvalue weighted by atomic mass is 9.95. The van der Waals surface area contributed by atoms with Crippen LogP contribution in [0.2, 0.25) is 5.02 Å². The van der Waals surface area contributed by atoms with Gasteiger partial charge in [0.25, 0.3) is 0 Å². The van der Waals surface area contributed by atoms with Gasteiger partial charge in [0.1, 0.15) is 12.1 Å². The van der Waals surface area contributed by atoms with Crippen LogP contribution in [0.1, 0.15) is 85.5 Å². The van der Waals surface area contributed by atoms with Crippen molar-refractivity contribution in [2.24, 2.45) is 0 Å². The topological polar surface area (TPSA) is 83.8 Å². The molecule has 0 radical (unpaired) electrons. The number of hydrogen-bond donors (Lipinski definition) is 0. The van der Waals surface area contributed by atoms with Crippen molar-refractivity contribution >= 4 is 23.6 Å². The van der Waals surface area contributed by atoms with Gasteiger partial charge >= 0.3 is 6.09 Å². The fourth-order valence-corrected chi connectivity index (χ4v) is 8.32. The molecule has 9 nitrogen and oxygen atoms in total. The van der Waals surface area contributed by atoms with Crippen LogP contribution in [-0.2, 0) is 28.9 Å². The van der Waals surface area contributed by atoms with E-state index in [-0.39, 0.29) is 30.2 Å². The summed E-state index contributed by atoms with van der Waals surface area (Å²) in [6.45, 7) is 4.98. The number of benzene rings is 1. The number of ether oxygens (including phenoxy) is 1. The highest BCUT2D eigenvalue weighted by Gasteiger charge is 2.44. The molecule has 10 heteroatoms. The van der Waals surface area contributed by atoms with Crippen molar-refractivity contribution in [2.75, 3.05) is 26.2 Å². The Morgan fingerprint density at radius 2 is 1.80 bits per heavy atom. The second kappa shape index (κ2) is 13.7. The molecule has 4 aliphatic rings. The van der Waals surface area contributed by atoms with Crippen LogP contribution in [0.25, 0.3) is 0 Å². The van der Waals surface area contributed by atoms with Crippen molar-refractivity contribution in [3.63, 3.8) is 0 Å². The molecule has 1 aromatic carbocycles. The zero-order chi connectivity index (χ0) is 31.6. The van der Waals surface area contributed by atoms with Crippen LogP contribution in [0.4, 0.5) is 4.79 Å². The van der Waals surface area contributed by atoms with Crippen molar-refractivity contribution in [1.29, 1.82) is 0 Å². The number of pyridine rings is 1. The van der Waals surface area contributed by atoms with E-state index in [1.165, 1.54) is 23.1 Å². The van der Waals surface area contributed by atoms with Gasteiger partial charge in [-0.2, -0.15) is 0 Å². The Hall–Kier alpha value is -3.43. The van der Waals surface area contributed by atoms with Crippen molar-refractivity contribution < 1.29 is 14.3 Å². The van der Waals surface area contributed by atoms with Crippen LogP contribution >= 0.6 is 11.6 Å². The summed E-state index contributed by atoms with van der Waals surface area (Å²) in [6.07, 6.45) is 15.1. The second-order valence-electron chi connectivity index (χ2n) is 13.5. The molecule has 244 valence electrons. The number of imidazole rings is 1. The van der Waals surface area contributed by atoms with Gasteiger partial charge in [-0.1, -0.05) is 30.2 Å². The normalized spacial score (nSPS) is 23.9. The first kappa shape index (κ1) is 31.2. The summed E-state index contributed by atoms with van der Waals surface area (Å²) in [7, 11) is 0. The van der Waals surface area contributed by atoms with Crippen LogP contribution in [0.15, 0.2) is 49.1 Å². The fourth-order valence-electron chi connectivity index (χ4n) is 8.12. The van der Waals surface area contributed by atoms with Crippen molar-refractivity contribution in [2.45, 2.75) is 102 Å². The highest BCUT2D eigenvalue weighted by Crippen LogP contribution is 2.38. The van der Waals surface area contributed by atoms with Crippen LogP contribution in [0.5, 0.6) is 0 Å². The third-order valence-electron chi connectivity index (χ3n) is 10.5. The predicted molar refractivity (Wildman–Crippen MR) is 177 cm³/mol. The zero-order valence-electron chi connectivity index (χ0n) is 26.8. The van der Waals surface area contributed by atoms with E-state index in [1.807, 2.05) is 42.7 Å². The average Bonchev–Trinajstić information content (AvgIpc) is 3.69. The molecule has 1 unspecified atom stereocenters. The third-order valence-corrected chi connectivity index (χ3v) is 10.7. The number of aryl methyl sites for hydroxylation is 4. The van der Waals surface area contributed by atoms with E-state index in [4.69, 9.17) is 21.3 Å². The number of aromatic nitrogens is 3. The van der Waals surface area contributed by atoms with Crippen LogP contribution < -0.4 is 0 Å². The van der Waals surface area contributed by atoms with Gasteiger partial charge in [-0.05, 0) is 99.6 Å². The number of halogens is 1. The lowest BCUT2D eigenvalue weighted by Gasteiger charge is -2.45. The molecule has 2 aromatic heterocycles. The molecule has 0 N–H and O–H groups in total. The molecule has 3 fully saturated rings. The molecule has 2 aliphatic carbocycles. The molecular weight excluding hydrogens is 600 g/mol. The Kier molecular flexibility index (Phi) is 9.31. The molecule has 3 aromatic rings. The Bertz CT molecular complexity index is 1550. The smallest absolute Gasteiger partial charge is 0.410 e. The Morgan fingerprint density at radius 1 is 0.957 bits per heavy atom. The highest BCUT2D eigenvalue weighted by molar-refractivity contribution is 6.30. The maximum absolute atomic E-state index is 14.7. The molecule has 4 heterocycles. The standard InChI is InChI=1S/C36H45ClN6O3/c1-25-22-40(24-39-25)18-15-29-8-6-17-42(29)35(44)32-23-41(19-20-43(32)36(45)46-30-9-3-2-4-10-30)34-31-14-13-28(37)21-27(31)12-11-26-7-5-16-38-33(26)34/h5,7,13-14,16,21-22,24,29-30,32,34H,2-4,6,8-12,15,17-20,23H2,1H3/t29-,32+,34?/m0/s1. The van der Waals surface area contributed by atoms with E-state index < -0.39 is 6.04 Å². The number of piperazine rings is 1. The minimum Gasteiger partial charge on any atom is -0.446 e. The molecule has 0 bridgehead atoms. The van der Waals surface area contributed by atoms with Crippen molar-refractivity contribution in [3.8, 4) is 0 Å². The van der Waals surface area contributed by atoms with E-state index in [1.54, 1.807) is 4.90 Å². The van der Waals surface area contributed by atoms with Gasteiger partial charge in [-0.25, -0.2) is 9.78 Å². The van der Waals surface area contributed by atoms with E-state index >= 15 is 0 Å². The number of likely N-dealkylation sites (tertiary alicyclic amines) is 1. The SMILES string of the molecule is Cc1cn(CC[C@@H]2CCCN2C(=O)[C@H]2CN(C3c4ccc(Cl)cc4CCc4cccnc43)CCN2C(=O)OC2CCCCC2)cn1. The van der Waals surface area contributed by atoms with E-state index in [0.717, 1.165) is 80.7 Å². The number of carbonyl (C=O) groups is 2. The molecule has 7 rings (SSSR count). The molecule has 0 spiro atoms. The van der Waals surface area contributed by atoms with E-state index in [9.17, 15) is 9.59 Å². The number of nitrogens with zero attached hydrogens (tertiary/aromatic N) is 6. The van der Waals surface area contributed by atoms with Gasteiger partial charge in [0.15, 0.2) is 0 Å². The summed E-state index contributed by atoms with van der Waals surface area (Å²) in [5, 5.41) is 0.727. The van der Waals surface area contributed by atoms with Gasteiger partial charge in [0.05, 0.1) is 23.8 Å². The van der Waals surface area contributed by atoms with E-state index in [0.29, 0.717) is 26.2 Å². The number of fused-ring (bicyclic) bond motifs is 2. The number of carbonyl (C=O) groups excluding carboxylic acids is 2. The second-order valence-corrected chi connectivity index (χ2v) is 13.9. The predicted octanol–water partition coefficient (Wildman–Crippen LogP) is 5.96. The first-order valence-electron chi connectivity index (χ1n) is 17.2. The monoisotopic (exact) mass is 644 g/mol. The van der Waals surface area contributed by atoms with Gasteiger partial charge in [-0.15, -0.1) is 0 Å². The van der Waals surface area contributed by atoms with Gasteiger partial charge in [-0.3, -0.25) is 19.6 Å². The van der Waals surface area contributed by atoms with E-state index in [2.05, 4.69) is 32.7 Å². The molecule has 1 saturated carbocycles. The van der Waals surface area contributed by atoms with Gasteiger partial charge < -0.3 is 14.2 Å². The summed E-state index contributed by atoms with van der Waals surface area (Å²) >= 11 is 6.48. The molecule has 2 amide bonds. The third kappa shape index (κ3) is 6.54. The number of amides is 2. The molecule has 3 atom stereocenters. The molecule has 2 saturated heterocycles. The lowest BCUT2D eigenvalue weighted by molar-refractivity contribution is -0.140. The summed E-state index contributed by atoms with van der Waals surface area (Å²) < 4.78 is 8.20. The quantitative estimate of drug-likeness (QED) is 0.329. The fraction of sp³-hybridized carbons (Fsp3) is 0.556. The van der Waals surface area contributed by atoms with Crippen LogP contribution in [0, 0.1) is 6.92 Å². The Labute approximate surface area is 276 Å². The van der Waals surface area contributed by atoms with Gasteiger partial charge in [0, 0.05) is 56.2 Å². The maximum Gasteiger partial charge on any atom is 0.410 e. The van der Waals surface area contributed by atoms with Crippen LogP contribution in [-0.4, -0.2) is 85.6 Å². The molecule has 2 aliphatic heterocycles. The number of hydrogen-bond acceptors (Lipinski definition) is 6. The highest BCUT2D eigenvalue weighted by atomic mass is 35.5.